The third-order valence-electron chi connectivity index (χ3n) is 5.52. The van der Waals surface area contributed by atoms with E-state index in [2.05, 4.69) is 4.90 Å². The van der Waals surface area contributed by atoms with Gasteiger partial charge in [0, 0.05) is 43.3 Å². The SMILES string of the molecule is CCN(C1=C(c2cccs2)C(=O)N(CCCN2CCOCC2)C1=O)c1ccccc1. The lowest BCUT2D eigenvalue weighted by Crippen LogP contribution is -2.40. The van der Waals surface area contributed by atoms with Gasteiger partial charge in [0.2, 0.25) is 0 Å². The molecule has 0 bridgehead atoms. The maximum absolute atomic E-state index is 13.5. The molecule has 1 saturated heterocycles. The summed E-state index contributed by atoms with van der Waals surface area (Å²) in [7, 11) is 0. The molecule has 2 amide bonds. The molecule has 6 nitrogen and oxygen atoms in total. The van der Waals surface area contributed by atoms with Crippen molar-refractivity contribution < 1.29 is 14.3 Å². The standard InChI is InChI=1S/C23H27N3O3S/c1-2-25(18-8-4-3-5-9-18)21-20(19-10-6-17-30-19)22(27)26(23(21)28)12-7-11-24-13-15-29-16-14-24/h3-6,8-10,17H,2,7,11-16H2,1H3. The fourth-order valence-corrected chi connectivity index (χ4v) is 4.78. The highest BCUT2D eigenvalue weighted by atomic mass is 32.1. The van der Waals surface area contributed by atoms with Gasteiger partial charge in [-0.15, -0.1) is 11.3 Å². The summed E-state index contributed by atoms with van der Waals surface area (Å²) < 4.78 is 5.39. The summed E-state index contributed by atoms with van der Waals surface area (Å²) in [6, 6.07) is 13.6. The molecule has 1 aromatic heterocycles. The van der Waals surface area contributed by atoms with Crippen molar-refractivity contribution >= 4 is 34.4 Å². The van der Waals surface area contributed by atoms with Gasteiger partial charge >= 0.3 is 0 Å². The molecule has 0 radical (unpaired) electrons. The molecule has 0 atom stereocenters. The predicted molar refractivity (Wildman–Crippen MR) is 119 cm³/mol. The number of amides is 2. The number of thiophene rings is 1. The average Bonchev–Trinajstić information content (AvgIpc) is 3.39. The fourth-order valence-electron chi connectivity index (χ4n) is 4.01. The summed E-state index contributed by atoms with van der Waals surface area (Å²) in [4.78, 5) is 33.4. The van der Waals surface area contributed by atoms with Gasteiger partial charge in [-0.05, 0) is 36.9 Å². The van der Waals surface area contributed by atoms with E-state index in [-0.39, 0.29) is 11.8 Å². The summed E-state index contributed by atoms with van der Waals surface area (Å²) in [5.74, 6) is -0.384. The number of ether oxygens (including phenoxy) is 1. The summed E-state index contributed by atoms with van der Waals surface area (Å²) in [5.41, 5.74) is 1.93. The Kier molecular flexibility index (Phi) is 6.62. The lowest BCUT2D eigenvalue weighted by atomic mass is 10.1. The highest BCUT2D eigenvalue weighted by Crippen LogP contribution is 2.35. The topological polar surface area (TPSA) is 53.1 Å². The molecule has 0 unspecified atom stereocenters. The van der Waals surface area contributed by atoms with Crippen LogP contribution in [0, 0.1) is 0 Å². The molecular weight excluding hydrogens is 398 g/mol. The van der Waals surface area contributed by atoms with Crippen molar-refractivity contribution in [3.8, 4) is 0 Å². The second kappa shape index (κ2) is 9.55. The van der Waals surface area contributed by atoms with Crippen LogP contribution in [0.4, 0.5) is 5.69 Å². The minimum Gasteiger partial charge on any atom is -0.379 e. The monoisotopic (exact) mass is 425 g/mol. The Hall–Kier alpha value is -2.48. The van der Waals surface area contributed by atoms with Crippen LogP contribution in [0.2, 0.25) is 0 Å². The van der Waals surface area contributed by atoms with E-state index in [1.54, 1.807) is 0 Å². The number of carbonyl (C=O) groups is 2. The van der Waals surface area contributed by atoms with Crippen molar-refractivity contribution in [3.63, 3.8) is 0 Å². The first-order valence-electron chi connectivity index (χ1n) is 10.5. The second-order valence-electron chi connectivity index (χ2n) is 7.35. The number of hydrogen-bond donors (Lipinski definition) is 0. The van der Waals surface area contributed by atoms with Crippen molar-refractivity contribution in [2.75, 3.05) is 50.8 Å². The van der Waals surface area contributed by atoms with Crippen LogP contribution in [0.5, 0.6) is 0 Å². The summed E-state index contributed by atoms with van der Waals surface area (Å²) in [6.45, 7) is 7.21. The van der Waals surface area contributed by atoms with Crippen LogP contribution in [0.25, 0.3) is 5.57 Å². The van der Waals surface area contributed by atoms with Gasteiger partial charge in [-0.3, -0.25) is 19.4 Å². The number of carbonyl (C=O) groups excluding carboxylic acids is 2. The van der Waals surface area contributed by atoms with Crippen LogP contribution in [-0.2, 0) is 14.3 Å². The van der Waals surface area contributed by atoms with E-state index in [4.69, 9.17) is 4.74 Å². The smallest absolute Gasteiger partial charge is 0.278 e. The van der Waals surface area contributed by atoms with Crippen LogP contribution < -0.4 is 4.90 Å². The van der Waals surface area contributed by atoms with E-state index in [1.165, 1.54) is 16.2 Å². The summed E-state index contributed by atoms with van der Waals surface area (Å²) >= 11 is 1.50. The van der Waals surface area contributed by atoms with Gasteiger partial charge in [0.05, 0.1) is 18.8 Å². The Morgan fingerprint density at radius 2 is 1.77 bits per heavy atom. The molecule has 1 fully saturated rings. The first-order valence-corrected chi connectivity index (χ1v) is 11.4. The van der Waals surface area contributed by atoms with E-state index >= 15 is 0 Å². The minimum absolute atomic E-state index is 0.186. The molecule has 0 N–H and O–H groups in total. The van der Waals surface area contributed by atoms with E-state index in [1.807, 2.05) is 59.7 Å². The largest absolute Gasteiger partial charge is 0.379 e. The van der Waals surface area contributed by atoms with Crippen LogP contribution >= 0.6 is 11.3 Å². The summed E-state index contributed by atoms with van der Waals surface area (Å²) in [5, 5.41) is 1.94. The molecule has 0 spiro atoms. The Bertz CT molecular complexity index is 905. The number of likely N-dealkylation sites (N-methyl/N-ethyl adjacent to an activating group) is 1. The number of rotatable bonds is 8. The molecule has 2 aromatic rings. The number of hydrogen-bond acceptors (Lipinski definition) is 6. The number of anilines is 1. The molecule has 7 heteroatoms. The molecular formula is C23H27N3O3S. The molecule has 158 valence electrons. The molecule has 0 saturated carbocycles. The first-order chi connectivity index (χ1) is 14.7. The van der Waals surface area contributed by atoms with Gasteiger partial charge in [0.25, 0.3) is 11.8 Å². The van der Waals surface area contributed by atoms with E-state index in [9.17, 15) is 9.59 Å². The number of morpholine rings is 1. The lowest BCUT2D eigenvalue weighted by molar-refractivity contribution is -0.137. The molecule has 0 aliphatic carbocycles. The molecule has 4 rings (SSSR count). The third kappa shape index (κ3) is 4.19. The maximum atomic E-state index is 13.5. The van der Waals surface area contributed by atoms with Crippen LogP contribution in [-0.4, -0.2) is 67.6 Å². The summed E-state index contributed by atoms with van der Waals surface area (Å²) in [6.07, 6.45) is 0.764. The second-order valence-corrected chi connectivity index (χ2v) is 8.30. The van der Waals surface area contributed by atoms with Gasteiger partial charge in [-0.2, -0.15) is 0 Å². The molecule has 2 aliphatic heterocycles. The zero-order valence-electron chi connectivity index (χ0n) is 17.3. The van der Waals surface area contributed by atoms with Crippen molar-refractivity contribution in [1.82, 2.24) is 9.80 Å². The van der Waals surface area contributed by atoms with Gasteiger partial charge in [-0.1, -0.05) is 24.3 Å². The van der Waals surface area contributed by atoms with Crippen molar-refractivity contribution in [2.24, 2.45) is 0 Å². The molecule has 30 heavy (non-hydrogen) atoms. The zero-order valence-corrected chi connectivity index (χ0v) is 18.1. The minimum atomic E-state index is -0.198. The fraction of sp³-hybridized carbons (Fsp3) is 0.391. The third-order valence-corrected chi connectivity index (χ3v) is 6.41. The van der Waals surface area contributed by atoms with E-state index in [0.29, 0.717) is 24.4 Å². The first kappa shape index (κ1) is 20.8. The van der Waals surface area contributed by atoms with Crippen molar-refractivity contribution in [1.29, 1.82) is 0 Å². The number of imide groups is 1. The highest BCUT2D eigenvalue weighted by Gasteiger charge is 2.41. The Morgan fingerprint density at radius 3 is 2.43 bits per heavy atom. The highest BCUT2D eigenvalue weighted by molar-refractivity contribution is 7.11. The van der Waals surface area contributed by atoms with Crippen molar-refractivity contribution in [2.45, 2.75) is 13.3 Å². The molecule has 3 heterocycles. The van der Waals surface area contributed by atoms with Crippen LogP contribution in [0.15, 0.2) is 53.5 Å². The zero-order chi connectivity index (χ0) is 20.9. The Morgan fingerprint density at radius 1 is 1.00 bits per heavy atom. The number of benzene rings is 1. The maximum Gasteiger partial charge on any atom is 0.278 e. The van der Waals surface area contributed by atoms with Gasteiger partial charge in [0.1, 0.15) is 5.70 Å². The molecule has 1 aromatic carbocycles. The van der Waals surface area contributed by atoms with E-state index in [0.717, 1.165) is 49.8 Å². The Labute approximate surface area is 181 Å². The predicted octanol–water partition coefficient (Wildman–Crippen LogP) is 3.08. The van der Waals surface area contributed by atoms with Crippen LogP contribution in [0.1, 0.15) is 18.2 Å². The average molecular weight is 426 g/mol. The quantitative estimate of drug-likeness (QED) is 0.609. The lowest BCUT2D eigenvalue weighted by Gasteiger charge is -2.27. The normalized spacial score (nSPS) is 17.8. The van der Waals surface area contributed by atoms with Gasteiger partial charge in [-0.25, -0.2) is 0 Å². The van der Waals surface area contributed by atoms with Crippen molar-refractivity contribution in [3.05, 3.63) is 58.4 Å². The van der Waals surface area contributed by atoms with E-state index < -0.39 is 0 Å². The van der Waals surface area contributed by atoms with Crippen LogP contribution in [0.3, 0.4) is 0 Å². The Balaban J connectivity index is 1.58. The van der Waals surface area contributed by atoms with Gasteiger partial charge < -0.3 is 9.64 Å². The number of para-hydroxylation sites is 1. The molecule has 2 aliphatic rings. The number of nitrogens with zero attached hydrogens (tertiary/aromatic N) is 3. The van der Waals surface area contributed by atoms with Gasteiger partial charge in [0.15, 0.2) is 0 Å².